The van der Waals surface area contributed by atoms with Crippen molar-refractivity contribution in [1.29, 1.82) is 0 Å². The molecule has 6 nitrogen and oxygen atoms in total. The summed E-state index contributed by atoms with van der Waals surface area (Å²) >= 11 is 5.79. The van der Waals surface area contributed by atoms with E-state index in [0.717, 1.165) is 11.1 Å². The Bertz CT molecular complexity index is 865. The van der Waals surface area contributed by atoms with E-state index in [2.05, 4.69) is 5.32 Å². The molecule has 1 heterocycles. The van der Waals surface area contributed by atoms with E-state index >= 15 is 0 Å². The van der Waals surface area contributed by atoms with Crippen LogP contribution in [-0.2, 0) is 25.7 Å². The number of carbonyl (C=O) groups is 3. The van der Waals surface area contributed by atoms with Crippen LogP contribution < -0.4 is 5.32 Å². The highest BCUT2D eigenvalue weighted by Crippen LogP contribution is 2.21. The zero-order chi connectivity index (χ0) is 20.1. The highest BCUT2D eigenvalue weighted by Gasteiger charge is 2.35. The van der Waals surface area contributed by atoms with Crippen molar-refractivity contribution in [3.8, 4) is 0 Å². The first-order chi connectivity index (χ1) is 13.4. The molecule has 7 heteroatoms. The molecule has 1 aliphatic rings. The van der Waals surface area contributed by atoms with Crippen LogP contribution in [0, 0.1) is 12.8 Å². The van der Waals surface area contributed by atoms with Crippen LogP contribution in [-0.4, -0.2) is 35.8 Å². The quantitative estimate of drug-likeness (QED) is 0.755. The zero-order valence-corrected chi connectivity index (χ0v) is 16.2. The van der Waals surface area contributed by atoms with Gasteiger partial charge in [0.05, 0.1) is 5.92 Å². The van der Waals surface area contributed by atoms with Gasteiger partial charge in [0, 0.05) is 30.2 Å². The van der Waals surface area contributed by atoms with Crippen LogP contribution in [0.25, 0.3) is 0 Å². The molecule has 0 radical (unpaired) electrons. The van der Waals surface area contributed by atoms with Crippen LogP contribution in [0.15, 0.2) is 48.5 Å². The molecule has 0 aromatic heterocycles. The summed E-state index contributed by atoms with van der Waals surface area (Å²) < 4.78 is 5.09. The second-order valence-electron chi connectivity index (χ2n) is 6.82. The van der Waals surface area contributed by atoms with Gasteiger partial charge in [0.15, 0.2) is 6.61 Å². The normalized spacial score (nSPS) is 16.1. The van der Waals surface area contributed by atoms with Gasteiger partial charge in [-0.2, -0.15) is 0 Å². The Labute approximate surface area is 168 Å². The third-order valence-electron chi connectivity index (χ3n) is 4.52. The van der Waals surface area contributed by atoms with Crippen molar-refractivity contribution in [1.82, 2.24) is 4.90 Å². The molecule has 3 rings (SSSR count). The van der Waals surface area contributed by atoms with E-state index in [4.69, 9.17) is 16.3 Å². The van der Waals surface area contributed by atoms with Gasteiger partial charge in [-0.05, 0) is 36.8 Å². The van der Waals surface area contributed by atoms with Crippen molar-refractivity contribution >= 4 is 35.1 Å². The van der Waals surface area contributed by atoms with Gasteiger partial charge in [0.2, 0.25) is 5.91 Å². The lowest BCUT2D eigenvalue weighted by molar-refractivity contribution is -0.151. The average Bonchev–Trinajstić information content (AvgIpc) is 3.04. The number of nitrogens with zero attached hydrogens (tertiary/aromatic N) is 1. The fourth-order valence-corrected chi connectivity index (χ4v) is 3.11. The predicted octanol–water partition coefficient (Wildman–Crippen LogP) is 3.18. The Morgan fingerprint density at radius 1 is 1.14 bits per heavy atom. The largest absolute Gasteiger partial charge is 0.455 e. The summed E-state index contributed by atoms with van der Waals surface area (Å²) in [5.74, 6) is -1.63. The summed E-state index contributed by atoms with van der Waals surface area (Å²) in [5, 5.41) is 3.18. The molecule has 1 N–H and O–H groups in total. The Balaban J connectivity index is 1.46. The molecule has 1 saturated heterocycles. The van der Waals surface area contributed by atoms with Crippen LogP contribution in [0.1, 0.15) is 17.5 Å². The average molecular weight is 401 g/mol. The van der Waals surface area contributed by atoms with Gasteiger partial charge in [-0.1, -0.05) is 41.4 Å². The molecule has 0 unspecified atom stereocenters. The van der Waals surface area contributed by atoms with Crippen molar-refractivity contribution in [2.45, 2.75) is 19.9 Å². The van der Waals surface area contributed by atoms with E-state index in [1.165, 1.54) is 0 Å². The summed E-state index contributed by atoms with van der Waals surface area (Å²) in [7, 11) is 0. The molecule has 0 spiro atoms. The van der Waals surface area contributed by atoms with Crippen LogP contribution in [0.4, 0.5) is 5.69 Å². The molecule has 1 atom stereocenters. The molecule has 146 valence electrons. The van der Waals surface area contributed by atoms with Crippen LogP contribution in [0.2, 0.25) is 5.02 Å². The Hall–Kier alpha value is -2.86. The maximum absolute atomic E-state index is 12.2. The van der Waals surface area contributed by atoms with Gasteiger partial charge in [-0.3, -0.25) is 14.4 Å². The van der Waals surface area contributed by atoms with Crippen molar-refractivity contribution in [2.75, 3.05) is 18.5 Å². The number of carbonyl (C=O) groups excluding carboxylic acids is 3. The number of ether oxygens (including phenoxy) is 1. The van der Waals surface area contributed by atoms with Gasteiger partial charge in [0.1, 0.15) is 0 Å². The number of amides is 2. The summed E-state index contributed by atoms with van der Waals surface area (Å²) in [5.41, 5.74) is 2.72. The lowest BCUT2D eigenvalue weighted by Crippen LogP contribution is -2.28. The second-order valence-corrected chi connectivity index (χ2v) is 7.26. The van der Waals surface area contributed by atoms with E-state index in [0.29, 0.717) is 23.8 Å². The van der Waals surface area contributed by atoms with Crippen molar-refractivity contribution in [2.24, 2.45) is 5.92 Å². The number of benzene rings is 2. The summed E-state index contributed by atoms with van der Waals surface area (Å²) in [4.78, 5) is 38.0. The van der Waals surface area contributed by atoms with E-state index in [-0.39, 0.29) is 12.3 Å². The number of anilines is 1. The van der Waals surface area contributed by atoms with Crippen molar-refractivity contribution in [3.63, 3.8) is 0 Å². The number of hydrogen-bond donors (Lipinski definition) is 1. The van der Waals surface area contributed by atoms with Gasteiger partial charge in [-0.25, -0.2) is 0 Å². The first-order valence-corrected chi connectivity index (χ1v) is 9.34. The molecule has 1 aliphatic heterocycles. The molecule has 2 aromatic rings. The van der Waals surface area contributed by atoms with Crippen molar-refractivity contribution in [3.05, 3.63) is 64.7 Å². The maximum atomic E-state index is 12.2. The van der Waals surface area contributed by atoms with E-state index in [1.807, 2.05) is 31.2 Å². The van der Waals surface area contributed by atoms with Gasteiger partial charge < -0.3 is 15.0 Å². The highest BCUT2D eigenvalue weighted by atomic mass is 35.5. The SMILES string of the molecule is Cc1ccc(CN2C[C@H](C(=O)OCC(=O)Nc3ccc(Cl)cc3)CC2=O)cc1. The third-order valence-corrected chi connectivity index (χ3v) is 4.77. The minimum absolute atomic E-state index is 0.0897. The minimum atomic E-state index is -0.554. The first kappa shape index (κ1) is 19.9. The standard InChI is InChI=1S/C21H21ClN2O4/c1-14-2-4-15(5-3-14)11-24-12-16(10-20(24)26)21(27)28-13-19(25)23-18-8-6-17(22)7-9-18/h2-9,16H,10-13H2,1H3,(H,23,25)/t16-/m1/s1. The van der Waals surface area contributed by atoms with Crippen LogP contribution in [0.5, 0.6) is 0 Å². The molecular weight excluding hydrogens is 380 g/mol. The number of rotatable bonds is 6. The molecule has 0 bridgehead atoms. The fourth-order valence-electron chi connectivity index (χ4n) is 2.98. The summed E-state index contributed by atoms with van der Waals surface area (Å²) in [6.45, 7) is 2.36. The second kappa shape index (κ2) is 8.89. The number of hydrogen-bond acceptors (Lipinski definition) is 4. The molecule has 28 heavy (non-hydrogen) atoms. The molecule has 2 aromatic carbocycles. The predicted molar refractivity (Wildman–Crippen MR) is 106 cm³/mol. The Morgan fingerprint density at radius 2 is 1.82 bits per heavy atom. The first-order valence-electron chi connectivity index (χ1n) is 8.96. The molecule has 0 saturated carbocycles. The van der Waals surface area contributed by atoms with E-state index in [1.54, 1.807) is 29.2 Å². The lowest BCUT2D eigenvalue weighted by atomic mass is 10.1. The Kier molecular flexibility index (Phi) is 6.31. The topological polar surface area (TPSA) is 75.7 Å². The number of nitrogens with one attached hydrogen (secondary N) is 1. The zero-order valence-electron chi connectivity index (χ0n) is 15.5. The number of likely N-dealkylation sites (tertiary alicyclic amines) is 1. The smallest absolute Gasteiger partial charge is 0.311 e. The lowest BCUT2D eigenvalue weighted by Gasteiger charge is -2.16. The number of halogens is 1. The number of aryl methyl sites for hydroxylation is 1. The highest BCUT2D eigenvalue weighted by molar-refractivity contribution is 6.30. The molecule has 0 aliphatic carbocycles. The van der Waals surface area contributed by atoms with Crippen LogP contribution >= 0.6 is 11.6 Å². The van der Waals surface area contributed by atoms with E-state index < -0.39 is 24.4 Å². The summed E-state index contributed by atoms with van der Waals surface area (Å²) in [6, 6.07) is 14.5. The van der Waals surface area contributed by atoms with Gasteiger partial charge >= 0.3 is 5.97 Å². The minimum Gasteiger partial charge on any atom is -0.455 e. The molecule has 2 amide bonds. The van der Waals surface area contributed by atoms with Crippen LogP contribution in [0.3, 0.4) is 0 Å². The monoisotopic (exact) mass is 400 g/mol. The summed E-state index contributed by atoms with van der Waals surface area (Å²) in [6.07, 6.45) is 0.101. The molecule has 1 fully saturated rings. The fraction of sp³-hybridized carbons (Fsp3) is 0.286. The van der Waals surface area contributed by atoms with Gasteiger partial charge in [-0.15, -0.1) is 0 Å². The third kappa shape index (κ3) is 5.33. The maximum Gasteiger partial charge on any atom is 0.311 e. The number of esters is 1. The van der Waals surface area contributed by atoms with E-state index in [9.17, 15) is 14.4 Å². The van der Waals surface area contributed by atoms with Gasteiger partial charge in [0.25, 0.3) is 5.91 Å². The molecular formula is C21H21ClN2O4. The van der Waals surface area contributed by atoms with Crippen molar-refractivity contribution < 1.29 is 19.1 Å². The Morgan fingerprint density at radius 3 is 2.50 bits per heavy atom.